The van der Waals surface area contributed by atoms with Crippen LogP contribution in [0.1, 0.15) is 63.8 Å². The van der Waals surface area contributed by atoms with Crippen molar-refractivity contribution in [2.24, 2.45) is 0 Å². The van der Waals surface area contributed by atoms with Gasteiger partial charge in [0.25, 0.3) is 5.56 Å². The van der Waals surface area contributed by atoms with Crippen LogP contribution in [0.2, 0.25) is 0 Å². The Hall–Kier alpha value is -2.63. The van der Waals surface area contributed by atoms with Crippen molar-refractivity contribution in [3.05, 3.63) is 62.6 Å². The zero-order chi connectivity index (χ0) is 19.6. The van der Waals surface area contributed by atoms with E-state index in [1.165, 1.54) is 10.1 Å². The Morgan fingerprint density at radius 3 is 2.22 bits per heavy atom. The first kappa shape index (κ1) is 19.1. The van der Waals surface area contributed by atoms with E-state index >= 15 is 0 Å². The average molecular weight is 368 g/mol. The Bertz CT molecular complexity index is 1030. The fourth-order valence-electron chi connectivity index (χ4n) is 3.53. The van der Waals surface area contributed by atoms with Gasteiger partial charge >= 0.3 is 5.69 Å². The van der Waals surface area contributed by atoms with Crippen molar-refractivity contribution >= 4 is 11.2 Å². The van der Waals surface area contributed by atoms with Crippen LogP contribution in [-0.2, 0) is 13.1 Å². The van der Waals surface area contributed by atoms with E-state index < -0.39 is 0 Å². The molecule has 3 rings (SSSR count). The summed E-state index contributed by atoms with van der Waals surface area (Å²) in [5.74, 6) is 1.07. The molecule has 2 heterocycles. The molecule has 0 fully saturated rings. The fourth-order valence-corrected chi connectivity index (χ4v) is 3.53. The molecule has 0 aliphatic rings. The molecular weight excluding hydrogens is 340 g/mol. The second-order valence-corrected chi connectivity index (χ2v) is 7.20. The minimum Gasteiger partial charge on any atom is -0.336 e. The normalized spacial score (nSPS) is 13.8. The van der Waals surface area contributed by atoms with Crippen LogP contribution in [0, 0.1) is 0 Å². The van der Waals surface area contributed by atoms with E-state index in [1.54, 1.807) is 4.57 Å². The van der Waals surface area contributed by atoms with Gasteiger partial charge in [0.05, 0.1) is 0 Å². The molecule has 0 aliphatic heterocycles. The number of nitrogens with one attached hydrogen (secondary N) is 1. The summed E-state index contributed by atoms with van der Waals surface area (Å²) >= 11 is 0. The maximum Gasteiger partial charge on any atom is 0.332 e. The number of nitrogens with zero attached hydrogens (tertiary/aromatic N) is 3. The smallest absolute Gasteiger partial charge is 0.332 e. The average Bonchev–Trinajstić information content (AvgIpc) is 3.13. The van der Waals surface area contributed by atoms with E-state index in [-0.39, 0.29) is 23.1 Å². The van der Waals surface area contributed by atoms with E-state index in [0.717, 1.165) is 18.7 Å². The lowest BCUT2D eigenvalue weighted by molar-refractivity contribution is 0.555. The van der Waals surface area contributed by atoms with Gasteiger partial charge in [-0.2, -0.15) is 0 Å². The topological polar surface area (TPSA) is 72.7 Å². The van der Waals surface area contributed by atoms with Gasteiger partial charge in [0.1, 0.15) is 11.3 Å². The van der Waals surface area contributed by atoms with Gasteiger partial charge in [-0.05, 0) is 24.3 Å². The van der Waals surface area contributed by atoms with Crippen molar-refractivity contribution in [3.8, 4) is 0 Å². The van der Waals surface area contributed by atoms with Crippen LogP contribution < -0.4 is 11.2 Å². The summed E-state index contributed by atoms with van der Waals surface area (Å²) in [6, 6.07) is 10.3. The molecule has 1 unspecified atom stereocenters. The van der Waals surface area contributed by atoms with Crippen LogP contribution in [-0.4, -0.2) is 19.1 Å². The second-order valence-electron chi connectivity index (χ2n) is 7.20. The fraction of sp³-hybridized carbons (Fsp3) is 0.476. The first-order valence-corrected chi connectivity index (χ1v) is 9.77. The number of aryl methyl sites for hydroxylation is 1. The third-order valence-electron chi connectivity index (χ3n) is 5.28. The molecule has 144 valence electrons. The highest BCUT2D eigenvalue weighted by Gasteiger charge is 2.23. The van der Waals surface area contributed by atoms with E-state index in [0.29, 0.717) is 24.3 Å². The minimum atomic E-state index is -0.275. The van der Waals surface area contributed by atoms with E-state index in [4.69, 9.17) is 4.98 Å². The lowest BCUT2D eigenvalue weighted by Gasteiger charge is -2.18. The van der Waals surface area contributed by atoms with Gasteiger partial charge < -0.3 is 4.98 Å². The number of aromatic amines is 1. The number of H-pyrrole nitrogens is 1. The Balaban J connectivity index is 2.14. The SMILES string of the molecule is CCCn1c(=O)c2[nH]c(C(C)[C@@H](C)c3ccccc3)nc2n(CCC)c1=O. The van der Waals surface area contributed by atoms with Crippen molar-refractivity contribution in [1.82, 2.24) is 19.1 Å². The molecule has 1 N–H and O–H groups in total. The predicted molar refractivity (Wildman–Crippen MR) is 108 cm³/mol. The van der Waals surface area contributed by atoms with Gasteiger partial charge in [0, 0.05) is 19.0 Å². The molecule has 0 aliphatic carbocycles. The molecule has 0 saturated carbocycles. The maximum atomic E-state index is 12.8. The second kappa shape index (κ2) is 7.94. The van der Waals surface area contributed by atoms with E-state index in [1.807, 2.05) is 32.0 Å². The van der Waals surface area contributed by atoms with Gasteiger partial charge in [0.15, 0.2) is 5.65 Å². The maximum absolute atomic E-state index is 12.8. The molecule has 0 radical (unpaired) electrons. The van der Waals surface area contributed by atoms with Gasteiger partial charge in [-0.15, -0.1) is 0 Å². The van der Waals surface area contributed by atoms with Crippen LogP contribution >= 0.6 is 0 Å². The molecule has 0 bridgehead atoms. The Kier molecular flexibility index (Phi) is 5.63. The lowest BCUT2D eigenvalue weighted by Crippen LogP contribution is -2.40. The number of hydrogen-bond acceptors (Lipinski definition) is 3. The molecule has 6 heteroatoms. The van der Waals surface area contributed by atoms with Crippen LogP contribution in [0.4, 0.5) is 0 Å². The highest BCUT2D eigenvalue weighted by molar-refractivity contribution is 5.70. The predicted octanol–water partition coefficient (Wildman–Crippen LogP) is 3.61. The van der Waals surface area contributed by atoms with Crippen molar-refractivity contribution in [2.45, 2.75) is 65.5 Å². The van der Waals surface area contributed by atoms with Crippen molar-refractivity contribution in [2.75, 3.05) is 0 Å². The number of rotatable bonds is 7. The third-order valence-corrected chi connectivity index (χ3v) is 5.28. The van der Waals surface area contributed by atoms with Gasteiger partial charge in [-0.25, -0.2) is 9.78 Å². The van der Waals surface area contributed by atoms with Crippen LogP contribution in [0.5, 0.6) is 0 Å². The lowest BCUT2D eigenvalue weighted by atomic mass is 9.88. The molecule has 0 amide bonds. The van der Waals surface area contributed by atoms with Gasteiger partial charge in [-0.1, -0.05) is 58.0 Å². The molecule has 1 aromatic carbocycles. The van der Waals surface area contributed by atoms with Crippen LogP contribution in [0.3, 0.4) is 0 Å². The Morgan fingerprint density at radius 2 is 1.59 bits per heavy atom. The van der Waals surface area contributed by atoms with Crippen molar-refractivity contribution in [1.29, 1.82) is 0 Å². The molecule has 27 heavy (non-hydrogen) atoms. The summed E-state index contributed by atoms with van der Waals surface area (Å²) in [5, 5.41) is 0. The number of imidazole rings is 1. The van der Waals surface area contributed by atoms with Gasteiger partial charge in [0.2, 0.25) is 0 Å². The molecule has 0 saturated heterocycles. The molecule has 2 atom stereocenters. The summed E-state index contributed by atoms with van der Waals surface area (Å²) in [4.78, 5) is 33.6. The number of aromatic nitrogens is 4. The number of hydrogen-bond donors (Lipinski definition) is 1. The van der Waals surface area contributed by atoms with Crippen LogP contribution in [0.25, 0.3) is 11.2 Å². The van der Waals surface area contributed by atoms with E-state index in [2.05, 4.69) is 31.0 Å². The molecular formula is C21H28N4O2. The Morgan fingerprint density at radius 1 is 0.963 bits per heavy atom. The molecule has 3 aromatic rings. The van der Waals surface area contributed by atoms with Crippen molar-refractivity contribution in [3.63, 3.8) is 0 Å². The highest BCUT2D eigenvalue weighted by Crippen LogP contribution is 2.31. The zero-order valence-corrected chi connectivity index (χ0v) is 16.5. The number of fused-ring (bicyclic) bond motifs is 1. The summed E-state index contributed by atoms with van der Waals surface area (Å²) in [7, 11) is 0. The number of benzene rings is 1. The quantitative estimate of drug-likeness (QED) is 0.692. The Labute approximate surface area is 158 Å². The minimum absolute atomic E-state index is 0.0870. The zero-order valence-electron chi connectivity index (χ0n) is 16.5. The van der Waals surface area contributed by atoms with Gasteiger partial charge in [-0.3, -0.25) is 13.9 Å². The first-order chi connectivity index (χ1) is 13.0. The summed E-state index contributed by atoms with van der Waals surface area (Å²) in [6.45, 7) is 9.20. The molecule has 2 aromatic heterocycles. The summed E-state index contributed by atoms with van der Waals surface area (Å²) < 4.78 is 2.96. The highest BCUT2D eigenvalue weighted by atomic mass is 16.2. The summed E-state index contributed by atoms with van der Waals surface area (Å²) in [5.41, 5.74) is 1.58. The van der Waals surface area contributed by atoms with Crippen molar-refractivity contribution < 1.29 is 0 Å². The third kappa shape index (κ3) is 3.48. The molecule has 6 nitrogen and oxygen atoms in total. The monoisotopic (exact) mass is 368 g/mol. The summed E-state index contributed by atoms with van der Waals surface area (Å²) in [6.07, 6.45) is 1.53. The largest absolute Gasteiger partial charge is 0.336 e. The van der Waals surface area contributed by atoms with Crippen LogP contribution in [0.15, 0.2) is 39.9 Å². The standard InChI is InChI=1S/C21H28N4O2/c1-5-12-24-19-17(20(26)25(13-6-2)21(24)27)22-18(23-19)15(4)14(3)16-10-8-7-9-11-16/h7-11,14-15H,5-6,12-13H2,1-4H3,(H,22,23)/t14-,15?/m1/s1. The van der Waals surface area contributed by atoms with E-state index in [9.17, 15) is 9.59 Å². The first-order valence-electron chi connectivity index (χ1n) is 9.77. The molecule has 0 spiro atoms.